The molecule has 1 aliphatic rings. The lowest BCUT2D eigenvalue weighted by Crippen LogP contribution is -2.14. The van der Waals surface area contributed by atoms with Crippen LogP contribution in [0.1, 0.15) is 52.4 Å². The van der Waals surface area contributed by atoms with E-state index in [-0.39, 0.29) is 6.10 Å². The van der Waals surface area contributed by atoms with Gasteiger partial charge in [-0.1, -0.05) is 32.1 Å². The fourth-order valence-corrected chi connectivity index (χ4v) is 2.75. The van der Waals surface area contributed by atoms with Gasteiger partial charge in [0.25, 0.3) is 0 Å². The number of nitrogen functional groups attached to an aromatic ring is 1. The smallest absolute Gasteiger partial charge is 0.239 e. The summed E-state index contributed by atoms with van der Waals surface area (Å²) in [5.74, 6) is 2.27. The first-order valence-electron chi connectivity index (χ1n) is 7.82. The van der Waals surface area contributed by atoms with Crippen LogP contribution in [0.4, 0.5) is 11.5 Å². The molecule has 1 aromatic rings. The zero-order chi connectivity index (χ0) is 14.4. The van der Waals surface area contributed by atoms with Gasteiger partial charge >= 0.3 is 0 Å². The molecule has 3 N–H and O–H groups in total. The van der Waals surface area contributed by atoms with E-state index in [1.54, 1.807) is 0 Å². The average molecular weight is 277 g/mol. The van der Waals surface area contributed by atoms with Crippen molar-refractivity contribution < 1.29 is 4.74 Å². The molecule has 4 heteroatoms. The summed E-state index contributed by atoms with van der Waals surface area (Å²) in [6.45, 7) is 4.93. The lowest BCUT2D eigenvalue weighted by Gasteiger charge is -2.21. The second-order valence-corrected chi connectivity index (χ2v) is 5.98. The Bertz CT molecular complexity index is 414. The highest BCUT2D eigenvalue weighted by molar-refractivity contribution is 5.53. The highest BCUT2D eigenvalue weighted by Gasteiger charge is 2.13. The van der Waals surface area contributed by atoms with Crippen molar-refractivity contribution in [3.8, 4) is 5.88 Å². The van der Waals surface area contributed by atoms with Gasteiger partial charge in [-0.05, 0) is 38.3 Å². The predicted molar refractivity (Wildman–Crippen MR) is 84.1 cm³/mol. The Kier molecular flexibility index (Phi) is 5.50. The number of rotatable bonds is 6. The molecule has 20 heavy (non-hydrogen) atoms. The second-order valence-electron chi connectivity index (χ2n) is 5.98. The molecule has 0 spiro atoms. The minimum Gasteiger partial charge on any atom is -0.473 e. The van der Waals surface area contributed by atoms with Crippen molar-refractivity contribution in [2.75, 3.05) is 17.6 Å². The molecule has 0 aliphatic heterocycles. The highest BCUT2D eigenvalue weighted by atomic mass is 16.5. The number of pyridine rings is 1. The van der Waals surface area contributed by atoms with Gasteiger partial charge < -0.3 is 15.8 Å². The van der Waals surface area contributed by atoms with Crippen LogP contribution in [0.5, 0.6) is 5.88 Å². The van der Waals surface area contributed by atoms with Gasteiger partial charge in [-0.3, -0.25) is 0 Å². The third-order valence-electron chi connectivity index (χ3n) is 3.82. The molecule has 112 valence electrons. The number of hydrogen-bond acceptors (Lipinski definition) is 4. The summed E-state index contributed by atoms with van der Waals surface area (Å²) in [4.78, 5) is 4.44. The van der Waals surface area contributed by atoms with E-state index in [0.717, 1.165) is 18.3 Å². The number of nitrogens with one attached hydrogen (secondary N) is 1. The van der Waals surface area contributed by atoms with E-state index < -0.39 is 0 Å². The maximum Gasteiger partial charge on any atom is 0.239 e. The number of ether oxygens (including phenoxy) is 1. The first-order valence-corrected chi connectivity index (χ1v) is 7.82. The van der Waals surface area contributed by atoms with Crippen LogP contribution in [0.3, 0.4) is 0 Å². The number of hydrogen-bond donors (Lipinski definition) is 2. The summed E-state index contributed by atoms with van der Waals surface area (Å²) < 4.78 is 5.61. The topological polar surface area (TPSA) is 60.2 Å². The molecule has 1 heterocycles. The van der Waals surface area contributed by atoms with E-state index in [1.165, 1.54) is 38.5 Å². The van der Waals surface area contributed by atoms with Gasteiger partial charge in [0, 0.05) is 6.54 Å². The molecule has 1 aromatic heterocycles. The quantitative estimate of drug-likeness (QED) is 0.829. The van der Waals surface area contributed by atoms with Crippen molar-refractivity contribution in [3.05, 3.63) is 12.1 Å². The number of nitrogens with two attached hydrogens (primary N) is 1. The van der Waals surface area contributed by atoms with Gasteiger partial charge in [0.05, 0.1) is 11.8 Å². The minimum absolute atomic E-state index is 0.0855. The minimum atomic E-state index is 0.0855. The molecule has 1 saturated carbocycles. The third-order valence-corrected chi connectivity index (χ3v) is 3.82. The van der Waals surface area contributed by atoms with Crippen molar-refractivity contribution in [2.45, 2.75) is 58.5 Å². The second kappa shape index (κ2) is 7.36. The Hall–Kier alpha value is -1.45. The summed E-state index contributed by atoms with van der Waals surface area (Å²) in [6, 6.07) is 3.77. The van der Waals surface area contributed by atoms with Crippen molar-refractivity contribution in [1.82, 2.24) is 4.98 Å². The molecule has 1 fully saturated rings. The maximum atomic E-state index is 5.87. The first kappa shape index (κ1) is 14.9. The van der Waals surface area contributed by atoms with E-state index >= 15 is 0 Å². The van der Waals surface area contributed by atoms with Crippen LogP contribution < -0.4 is 15.8 Å². The van der Waals surface area contributed by atoms with Crippen LogP contribution in [0.2, 0.25) is 0 Å². The van der Waals surface area contributed by atoms with Gasteiger partial charge in [0.1, 0.15) is 5.82 Å². The van der Waals surface area contributed by atoms with Crippen LogP contribution in [0, 0.1) is 5.92 Å². The van der Waals surface area contributed by atoms with Crippen molar-refractivity contribution in [1.29, 1.82) is 0 Å². The summed E-state index contributed by atoms with van der Waals surface area (Å²) in [5, 5.41) is 3.39. The lowest BCUT2D eigenvalue weighted by molar-refractivity contribution is 0.234. The van der Waals surface area contributed by atoms with Crippen LogP contribution in [-0.4, -0.2) is 17.6 Å². The van der Waals surface area contributed by atoms with Crippen LogP contribution in [0.15, 0.2) is 12.1 Å². The largest absolute Gasteiger partial charge is 0.473 e. The Morgan fingerprint density at radius 3 is 2.75 bits per heavy atom. The Morgan fingerprint density at radius 2 is 2.05 bits per heavy atom. The highest BCUT2D eigenvalue weighted by Crippen LogP contribution is 2.26. The normalized spacial score (nSPS) is 16.4. The Labute approximate surface area is 122 Å². The van der Waals surface area contributed by atoms with Crippen molar-refractivity contribution >= 4 is 11.5 Å². The van der Waals surface area contributed by atoms with E-state index in [9.17, 15) is 0 Å². The molecule has 0 unspecified atom stereocenters. The number of anilines is 2. The molecule has 0 radical (unpaired) electrons. The van der Waals surface area contributed by atoms with Gasteiger partial charge in [-0.25, -0.2) is 0 Å². The van der Waals surface area contributed by atoms with E-state index in [0.29, 0.717) is 11.6 Å². The molecule has 0 aromatic carbocycles. The Balaban J connectivity index is 1.82. The Morgan fingerprint density at radius 1 is 1.30 bits per heavy atom. The molecular formula is C16H27N3O. The molecule has 0 atom stereocenters. The van der Waals surface area contributed by atoms with E-state index in [2.05, 4.69) is 10.3 Å². The molecule has 0 amide bonds. The number of aromatic nitrogens is 1. The molecule has 4 nitrogen and oxygen atoms in total. The zero-order valence-corrected chi connectivity index (χ0v) is 12.7. The van der Waals surface area contributed by atoms with Crippen LogP contribution >= 0.6 is 0 Å². The zero-order valence-electron chi connectivity index (χ0n) is 12.7. The van der Waals surface area contributed by atoms with Gasteiger partial charge in [-0.2, -0.15) is 4.98 Å². The summed E-state index contributed by atoms with van der Waals surface area (Å²) in [7, 11) is 0. The molecule has 0 saturated heterocycles. The van der Waals surface area contributed by atoms with E-state index in [1.807, 2.05) is 26.0 Å². The van der Waals surface area contributed by atoms with Gasteiger partial charge in [0.15, 0.2) is 0 Å². The molecular weight excluding hydrogens is 250 g/mol. The molecule has 0 bridgehead atoms. The molecule has 2 rings (SSSR count). The van der Waals surface area contributed by atoms with Crippen molar-refractivity contribution in [3.63, 3.8) is 0 Å². The van der Waals surface area contributed by atoms with Gasteiger partial charge in [0.2, 0.25) is 5.88 Å². The van der Waals surface area contributed by atoms with E-state index in [4.69, 9.17) is 10.5 Å². The van der Waals surface area contributed by atoms with Crippen LogP contribution in [0.25, 0.3) is 0 Å². The predicted octanol–water partition coefficient (Wildman–Crippen LogP) is 3.83. The average Bonchev–Trinajstić information content (AvgIpc) is 2.43. The fourth-order valence-electron chi connectivity index (χ4n) is 2.75. The third kappa shape index (κ3) is 4.58. The van der Waals surface area contributed by atoms with Crippen LogP contribution in [-0.2, 0) is 0 Å². The molecule has 1 aliphatic carbocycles. The standard InChI is InChI=1S/C16H27N3O/c1-12(2)20-16-14(17)8-9-15(19-16)18-11-10-13-6-4-3-5-7-13/h8-9,12-13H,3-7,10-11,17H2,1-2H3,(H,18,19). The monoisotopic (exact) mass is 277 g/mol. The maximum absolute atomic E-state index is 5.87. The van der Waals surface area contributed by atoms with Gasteiger partial charge in [-0.15, -0.1) is 0 Å². The SMILES string of the molecule is CC(C)Oc1nc(NCCC2CCCCC2)ccc1N. The summed E-state index contributed by atoms with van der Waals surface area (Å²) in [5.41, 5.74) is 6.46. The number of nitrogens with zero attached hydrogens (tertiary/aromatic N) is 1. The lowest BCUT2D eigenvalue weighted by atomic mass is 9.87. The first-order chi connectivity index (χ1) is 9.65. The fraction of sp³-hybridized carbons (Fsp3) is 0.688. The van der Waals surface area contributed by atoms with Crippen molar-refractivity contribution in [2.24, 2.45) is 5.92 Å². The summed E-state index contributed by atoms with van der Waals surface area (Å²) >= 11 is 0. The summed E-state index contributed by atoms with van der Waals surface area (Å²) in [6.07, 6.45) is 8.30.